The Kier molecular flexibility index (Phi) is 9.66. The van der Waals surface area contributed by atoms with Crippen LogP contribution in [0.3, 0.4) is 0 Å². The summed E-state index contributed by atoms with van der Waals surface area (Å²) in [4.78, 5) is 2.37. The summed E-state index contributed by atoms with van der Waals surface area (Å²) < 4.78 is 5.34. The molecule has 0 N–H and O–H groups in total. The minimum absolute atomic E-state index is 0.472. The molecule has 2 aliphatic carbocycles. The van der Waals surface area contributed by atoms with E-state index >= 15 is 0 Å². The second kappa shape index (κ2) is 17.0. The summed E-state index contributed by atoms with van der Waals surface area (Å²) in [5, 5.41) is 5.26. The number of benzene rings is 12. The second-order valence-electron chi connectivity index (χ2n) is 20.2. The van der Waals surface area contributed by atoms with Gasteiger partial charge in [-0.25, -0.2) is 0 Å². The molecule has 16 rings (SSSR count). The fraction of sp³-hybridized carbons (Fsp3) is 0.0137. The molecule has 1 atom stereocenters. The maximum absolute atomic E-state index is 2.54. The first kappa shape index (κ1) is 43.3. The highest BCUT2D eigenvalue weighted by Crippen LogP contribution is 2.65. The van der Waals surface area contributed by atoms with Crippen molar-refractivity contribution in [2.24, 2.45) is 0 Å². The molecule has 354 valence electrons. The second-order valence-corrected chi connectivity index (χ2v) is 22.3. The summed E-state index contributed by atoms with van der Waals surface area (Å²) in [6.07, 6.45) is 0. The molecule has 14 aromatic rings. The lowest BCUT2D eigenvalue weighted by Crippen LogP contribution is -2.25. The van der Waals surface area contributed by atoms with Crippen LogP contribution in [0.2, 0.25) is 0 Å². The Labute approximate surface area is 449 Å². The molecule has 2 aromatic heterocycles. The van der Waals surface area contributed by atoms with E-state index in [0.29, 0.717) is 0 Å². The zero-order chi connectivity index (χ0) is 49.9. The Hall–Kier alpha value is -9.12. The fourth-order valence-electron chi connectivity index (χ4n) is 12.9. The molecule has 0 aliphatic heterocycles. The molecule has 0 bridgehead atoms. The third-order valence-corrected chi connectivity index (χ3v) is 18.8. The van der Waals surface area contributed by atoms with Crippen molar-refractivity contribution in [3.8, 4) is 66.8 Å². The van der Waals surface area contributed by atoms with Crippen molar-refractivity contribution in [3.05, 3.63) is 295 Å². The van der Waals surface area contributed by atoms with E-state index in [1.165, 1.54) is 129 Å². The van der Waals surface area contributed by atoms with E-state index in [9.17, 15) is 0 Å². The third kappa shape index (κ3) is 6.37. The van der Waals surface area contributed by atoms with Crippen molar-refractivity contribution < 1.29 is 0 Å². The minimum Gasteiger partial charge on any atom is -0.311 e. The van der Waals surface area contributed by atoms with Gasteiger partial charge in [0, 0.05) is 63.0 Å². The van der Waals surface area contributed by atoms with E-state index < -0.39 is 5.41 Å². The molecule has 2 aliphatic rings. The fourth-order valence-corrected chi connectivity index (χ4v) is 15.6. The van der Waals surface area contributed by atoms with Gasteiger partial charge in [0.1, 0.15) is 0 Å². The first-order valence-corrected chi connectivity index (χ1v) is 27.8. The molecule has 0 saturated carbocycles. The number of anilines is 3. The molecule has 0 saturated heterocycles. The number of hydrogen-bond acceptors (Lipinski definition) is 3. The van der Waals surface area contributed by atoms with Crippen LogP contribution in [0.5, 0.6) is 0 Å². The van der Waals surface area contributed by atoms with Crippen molar-refractivity contribution in [2.75, 3.05) is 4.90 Å². The SMILES string of the molecule is c1ccc(-c2ccc(N(c3ccc(-c4ccccc4)cc3)c3ccc(-c4cccc5c4sc4c6c(ccc45)C4(c5ccccc5-c5ccc(-c7cccc8c7sc7ccccc78)cc54)c4ccccc4-6)cc3)cc2)cc1. The quantitative estimate of drug-likeness (QED) is 0.154. The highest BCUT2D eigenvalue weighted by atomic mass is 32.1. The molecule has 1 unspecified atom stereocenters. The Bertz CT molecular complexity index is 4520. The van der Waals surface area contributed by atoms with Gasteiger partial charge in [0.15, 0.2) is 0 Å². The van der Waals surface area contributed by atoms with Gasteiger partial charge in [-0.05, 0) is 132 Å². The molecule has 1 spiro atoms. The lowest BCUT2D eigenvalue weighted by molar-refractivity contribution is 0.795. The Morgan fingerprint density at radius 3 is 1.36 bits per heavy atom. The topological polar surface area (TPSA) is 3.24 Å². The molecular formula is C73H45NS2. The predicted octanol–water partition coefficient (Wildman–Crippen LogP) is 20.9. The summed E-state index contributed by atoms with van der Waals surface area (Å²) in [7, 11) is 0. The van der Waals surface area contributed by atoms with Crippen molar-refractivity contribution in [1.82, 2.24) is 0 Å². The van der Waals surface area contributed by atoms with Gasteiger partial charge in [0.05, 0.1) is 5.41 Å². The van der Waals surface area contributed by atoms with E-state index in [4.69, 9.17) is 0 Å². The number of hydrogen-bond donors (Lipinski definition) is 0. The lowest BCUT2D eigenvalue weighted by atomic mass is 9.70. The van der Waals surface area contributed by atoms with Crippen LogP contribution in [0.1, 0.15) is 22.3 Å². The van der Waals surface area contributed by atoms with E-state index in [-0.39, 0.29) is 0 Å². The van der Waals surface area contributed by atoms with Crippen molar-refractivity contribution >= 4 is 80.1 Å². The molecule has 1 nitrogen and oxygen atoms in total. The zero-order valence-electron chi connectivity index (χ0n) is 41.2. The monoisotopic (exact) mass is 999 g/mol. The van der Waals surface area contributed by atoms with E-state index in [1.807, 2.05) is 22.7 Å². The molecule has 3 heteroatoms. The summed E-state index contributed by atoms with van der Waals surface area (Å²) in [5.74, 6) is 0. The van der Waals surface area contributed by atoms with Gasteiger partial charge in [-0.1, -0.05) is 224 Å². The van der Waals surface area contributed by atoms with Crippen LogP contribution in [0.25, 0.3) is 107 Å². The van der Waals surface area contributed by atoms with Crippen LogP contribution in [0.15, 0.2) is 273 Å². The van der Waals surface area contributed by atoms with E-state index in [1.54, 1.807) is 0 Å². The first-order valence-electron chi connectivity index (χ1n) is 26.1. The van der Waals surface area contributed by atoms with E-state index in [0.717, 1.165) is 17.1 Å². The largest absolute Gasteiger partial charge is 0.311 e. The lowest BCUT2D eigenvalue weighted by Gasteiger charge is -2.30. The summed E-state index contributed by atoms with van der Waals surface area (Å²) in [5.41, 5.74) is 23.5. The average Bonchev–Trinajstić information content (AvgIpc) is 4.39. The van der Waals surface area contributed by atoms with Gasteiger partial charge < -0.3 is 4.90 Å². The molecule has 0 fully saturated rings. The average molecular weight is 1000 g/mol. The Morgan fingerprint density at radius 2 is 0.697 bits per heavy atom. The Balaban J connectivity index is 0.830. The number of fused-ring (bicyclic) bond motifs is 17. The number of nitrogens with zero attached hydrogens (tertiary/aromatic N) is 1. The smallest absolute Gasteiger partial charge is 0.0726 e. The normalized spacial score (nSPS) is 14.1. The van der Waals surface area contributed by atoms with Gasteiger partial charge >= 0.3 is 0 Å². The zero-order valence-corrected chi connectivity index (χ0v) is 42.9. The van der Waals surface area contributed by atoms with Gasteiger partial charge in [0.2, 0.25) is 0 Å². The summed E-state index contributed by atoms with van der Waals surface area (Å²) >= 11 is 3.86. The maximum atomic E-state index is 2.54. The number of rotatable bonds is 7. The van der Waals surface area contributed by atoms with Crippen molar-refractivity contribution in [2.45, 2.75) is 5.41 Å². The van der Waals surface area contributed by atoms with Crippen LogP contribution in [-0.4, -0.2) is 0 Å². The van der Waals surface area contributed by atoms with Gasteiger partial charge in [0.25, 0.3) is 0 Å². The first-order chi connectivity index (χ1) is 37.7. The highest BCUT2D eigenvalue weighted by Gasteiger charge is 2.52. The Morgan fingerprint density at radius 1 is 0.250 bits per heavy atom. The maximum Gasteiger partial charge on any atom is 0.0726 e. The van der Waals surface area contributed by atoms with Crippen molar-refractivity contribution in [3.63, 3.8) is 0 Å². The summed E-state index contributed by atoms with van der Waals surface area (Å²) in [6.45, 7) is 0. The molecule has 12 aromatic carbocycles. The number of thiophene rings is 2. The van der Waals surface area contributed by atoms with Crippen LogP contribution < -0.4 is 4.90 Å². The summed E-state index contributed by atoms with van der Waals surface area (Å²) in [6, 6.07) is 102. The third-order valence-electron chi connectivity index (χ3n) is 16.3. The van der Waals surface area contributed by atoms with Gasteiger partial charge in [-0.2, -0.15) is 0 Å². The molecule has 76 heavy (non-hydrogen) atoms. The van der Waals surface area contributed by atoms with Crippen LogP contribution in [0, 0.1) is 0 Å². The van der Waals surface area contributed by atoms with Crippen LogP contribution in [0.4, 0.5) is 17.1 Å². The van der Waals surface area contributed by atoms with E-state index in [2.05, 4.69) is 278 Å². The molecule has 0 radical (unpaired) electrons. The van der Waals surface area contributed by atoms with Gasteiger partial charge in [-0.15, -0.1) is 22.7 Å². The standard InChI is InChI=1S/C73H45NS2/c1-3-15-46(16-4-1)48-29-36-52(37-30-48)74(53-38-31-49(32-39-53)47-17-5-2-6-18-47)54-40-33-50(34-41-54)55-22-13-25-61-62-43-44-66-69(72(62)76-71(55)61)63-21-8-11-27-65(63)73(66)64-26-10-7-19-57(64)58-42-35-51(45-67(58)73)56-23-14-24-60-59-20-9-12-28-68(59)75-70(56)60/h1-45H. The van der Waals surface area contributed by atoms with Gasteiger partial charge in [-0.3, -0.25) is 0 Å². The highest BCUT2D eigenvalue weighted by molar-refractivity contribution is 7.27. The minimum atomic E-state index is -0.472. The predicted molar refractivity (Wildman–Crippen MR) is 325 cm³/mol. The van der Waals surface area contributed by atoms with Crippen LogP contribution >= 0.6 is 22.7 Å². The molecular weight excluding hydrogens is 955 g/mol. The van der Waals surface area contributed by atoms with Crippen LogP contribution in [-0.2, 0) is 5.41 Å². The molecule has 2 heterocycles. The molecule has 0 amide bonds. The van der Waals surface area contributed by atoms with Crippen molar-refractivity contribution in [1.29, 1.82) is 0 Å².